The first-order chi connectivity index (χ1) is 14.9. The Hall–Kier alpha value is -2.63. The summed E-state index contributed by atoms with van der Waals surface area (Å²) in [5.74, 6) is -0.575. The van der Waals surface area contributed by atoms with Gasteiger partial charge < -0.3 is 10.2 Å². The Morgan fingerprint density at radius 3 is 2.48 bits per heavy atom. The van der Waals surface area contributed by atoms with Crippen molar-refractivity contribution in [1.82, 2.24) is 24.9 Å². The molecule has 0 saturated carbocycles. The largest absolute Gasteiger partial charge is 0.355 e. The summed E-state index contributed by atoms with van der Waals surface area (Å²) >= 11 is 0. The zero-order chi connectivity index (χ0) is 22.3. The summed E-state index contributed by atoms with van der Waals surface area (Å²) in [4.78, 5) is 24.7. The van der Waals surface area contributed by atoms with Gasteiger partial charge in [0.05, 0.1) is 6.04 Å². The molecule has 1 amide bonds. The summed E-state index contributed by atoms with van der Waals surface area (Å²) in [5.41, 5.74) is 0. The highest BCUT2D eigenvalue weighted by Gasteiger charge is 2.24. The first-order valence-electron chi connectivity index (χ1n) is 10.2. The van der Waals surface area contributed by atoms with E-state index in [-0.39, 0.29) is 0 Å². The van der Waals surface area contributed by atoms with E-state index in [2.05, 4.69) is 29.8 Å². The van der Waals surface area contributed by atoms with Gasteiger partial charge in [0.25, 0.3) is 0 Å². The summed E-state index contributed by atoms with van der Waals surface area (Å²) in [6.45, 7) is 6.11. The summed E-state index contributed by atoms with van der Waals surface area (Å²) in [5, 5.41) is 2.73. The molecule has 0 unspecified atom stereocenters. The molecule has 0 spiro atoms. The van der Waals surface area contributed by atoms with Crippen LogP contribution >= 0.6 is 0 Å². The molecule has 1 aliphatic rings. The van der Waals surface area contributed by atoms with Crippen LogP contribution in [-0.2, 0) is 14.8 Å². The minimum absolute atomic E-state index is 0.423. The number of nitrogens with zero attached hydrogens (tertiary/aromatic N) is 4. The lowest BCUT2D eigenvalue weighted by Crippen LogP contribution is -2.48. The average molecular weight is 451 g/mol. The van der Waals surface area contributed by atoms with E-state index in [9.17, 15) is 17.6 Å². The predicted octanol–water partition coefficient (Wildman–Crippen LogP) is 0.611. The minimum Gasteiger partial charge on any atom is -0.355 e. The van der Waals surface area contributed by atoms with Crippen molar-refractivity contribution < 1.29 is 17.6 Å². The van der Waals surface area contributed by atoms with Gasteiger partial charge in [-0.2, -0.15) is 4.72 Å². The molecular weight excluding hydrogens is 423 g/mol. The Morgan fingerprint density at radius 2 is 1.81 bits per heavy atom. The van der Waals surface area contributed by atoms with Gasteiger partial charge in [0.2, 0.25) is 21.9 Å². The van der Waals surface area contributed by atoms with Crippen molar-refractivity contribution in [3.8, 4) is 0 Å². The topological polar surface area (TPSA) is 108 Å². The molecule has 11 heteroatoms. The van der Waals surface area contributed by atoms with E-state index < -0.39 is 32.7 Å². The number of anilines is 1. The Kier molecular flexibility index (Phi) is 7.88. The summed E-state index contributed by atoms with van der Waals surface area (Å²) in [7, 11) is -4.12. The Labute approximate surface area is 181 Å². The third-order valence-electron chi connectivity index (χ3n) is 5.01. The van der Waals surface area contributed by atoms with Gasteiger partial charge in [-0.25, -0.2) is 22.8 Å². The van der Waals surface area contributed by atoms with Crippen LogP contribution in [0.5, 0.6) is 0 Å². The number of piperazine rings is 1. The van der Waals surface area contributed by atoms with E-state index in [1.54, 1.807) is 18.5 Å². The van der Waals surface area contributed by atoms with Crippen LogP contribution in [0, 0.1) is 5.82 Å². The fraction of sp³-hybridized carbons (Fsp3) is 0.450. The van der Waals surface area contributed by atoms with Crippen molar-refractivity contribution in [1.29, 1.82) is 0 Å². The van der Waals surface area contributed by atoms with Gasteiger partial charge >= 0.3 is 0 Å². The lowest BCUT2D eigenvalue weighted by molar-refractivity contribution is -0.122. The van der Waals surface area contributed by atoms with Crippen molar-refractivity contribution in [3.63, 3.8) is 0 Å². The van der Waals surface area contributed by atoms with Crippen LogP contribution in [0.3, 0.4) is 0 Å². The first-order valence-corrected chi connectivity index (χ1v) is 11.6. The summed E-state index contributed by atoms with van der Waals surface area (Å²) < 4.78 is 40.5. The fourth-order valence-corrected chi connectivity index (χ4v) is 4.59. The molecule has 2 aromatic rings. The highest BCUT2D eigenvalue weighted by atomic mass is 32.2. The van der Waals surface area contributed by atoms with E-state index >= 15 is 0 Å². The van der Waals surface area contributed by atoms with E-state index in [1.807, 2.05) is 0 Å². The van der Waals surface area contributed by atoms with Crippen LogP contribution in [-0.4, -0.2) is 74.5 Å². The molecule has 31 heavy (non-hydrogen) atoms. The Morgan fingerprint density at radius 1 is 1.13 bits per heavy atom. The van der Waals surface area contributed by atoms with Crippen LogP contribution < -0.4 is 14.9 Å². The monoisotopic (exact) mass is 450 g/mol. The number of hydrogen-bond acceptors (Lipinski definition) is 7. The van der Waals surface area contributed by atoms with Gasteiger partial charge in [-0.3, -0.25) is 9.69 Å². The molecule has 9 nitrogen and oxygen atoms in total. The summed E-state index contributed by atoms with van der Waals surface area (Å²) in [6.07, 6.45) is 4.20. The molecule has 1 atom stereocenters. The zero-order valence-electron chi connectivity index (χ0n) is 17.4. The molecule has 2 heterocycles. The molecule has 168 valence electrons. The van der Waals surface area contributed by atoms with Gasteiger partial charge in [0.1, 0.15) is 10.7 Å². The van der Waals surface area contributed by atoms with Crippen LogP contribution in [0.2, 0.25) is 0 Å². The maximum absolute atomic E-state index is 13.7. The van der Waals surface area contributed by atoms with Crippen LogP contribution in [0.4, 0.5) is 10.3 Å². The third-order valence-corrected chi connectivity index (χ3v) is 6.58. The smallest absolute Gasteiger partial charge is 0.244 e. The molecule has 2 N–H and O–H groups in total. The predicted molar refractivity (Wildman–Crippen MR) is 114 cm³/mol. The number of benzene rings is 1. The number of aromatic nitrogens is 2. The van der Waals surface area contributed by atoms with Crippen molar-refractivity contribution in [3.05, 3.63) is 48.5 Å². The number of sulfonamides is 1. The number of amides is 1. The van der Waals surface area contributed by atoms with E-state index in [0.717, 1.165) is 57.2 Å². The molecule has 1 aliphatic heterocycles. The van der Waals surface area contributed by atoms with E-state index in [0.29, 0.717) is 6.54 Å². The second-order valence-corrected chi connectivity index (χ2v) is 8.98. The summed E-state index contributed by atoms with van der Waals surface area (Å²) in [6, 6.07) is 5.83. The Balaban J connectivity index is 1.36. The fourth-order valence-electron chi connectivity index (χ4n) is 3.31. The number of carbonyl (C=O) groups excluding carboxylic acids is 1. The highest BCUT2D eigenvalue weighted by Crippen LogP contribution is 2.13. The minimum atomic E-state index is -4.12. The lowest BCUT2D eigenvalue weighted by Gasteiger charge is -2.34. The highest BCUT2D eigenvalue weighted by molar-refractivity contribution is 7.89. The molecule has 0 bridgehead atoms. The number of rotatable bonds is 9. The SMILES string of the molecule is C[C@H](NS(=O)(=O)c1ccccc1F)C(=O)NCCCN1CCN(c2ncccn2)CC1. The molecular formula is C20H27FN6O3S. The van der Waals surface area contributed by atoms with Gasteiger partial charge in [0, 0.05) is 45.1 Å². The molecule has 1 aromatic heterocycles. The molecule has 0 radical (unpaired) electrons. The third kappa shape index (κ3) is 6.42. The normalized spacial score (nSPS) is 16.1. The van der Waals surface area contributed by atoms with Gasteiger partial charge in [0.15, 0.2) is 0 Å². The second-order valence-electron chi connectivity index (χ2n) is 7.30. The van der Waals surface area contributed by atoms with Crippen LogP contribution in [0.15, 0.2) is 47.6 Å². The average Bonchev–Trinajstić information content (AvgIpc) is 2.77. The first kappa shape index (κ1) is 23.0. The second kappa shape index (κ2) is 10.6. The number of carbonyl (C=O) groups is 1. The van der Waals surface area contributed by atoms with Crippen LogP contribution in [0.1, 0.15) is 13.3 Å². The molecule has 1 saturated heterocycles. The maximum Gasteiger partial charge on any atom is 0.244 e. The van der Waals surface area contributed by atoms with Gasteiger partial charge in [-0.1, -0.05) is 12.1 Å². The molecule has 1 fully saturated rings. The zero-order valence-corrected chi connectivity index (χ0v) is 18.2. The number of hydrogen-bond donors (Lipinski definition) is 2. The lowest BCUT2D eigenvalue weighted by atomic mass is 10.3. The number of nitrogens with one attached hydrogen (secondary N) is 2. The van der Waals surface area contributed by atoms with Crippen molar-refractivity contribution in [2.24, 2.45) is 0 Å². The van der Waals surface area contributed by atoms with Crippen molar-refractivity contribution in [2.45, 2.75) is 24.3 Å². The quantitative estimate of drug-likeness (QED) is 0.539. The van der Waals surface area contributed by atoms with Crippen molar-refractivity contribution >= 4 is 21.9 Å². The van der Waals surface area contributed by atoms with Crippen LogP contribution in [0.25, 0.3) is 0 Å². The molecule has 0 aliphatic carbocycles. The Bertz CT molecular complexity index is 968. The molecule has 1 aromatic carbocycles. The van der Waals surface area contributed by atoms with Gasteiger partial charge in [-0.05, 0) is 38.1 Å². The van der Waals surface area contributed by atoms with Crippen molar-refractivity contribution in [2.75, 3.05) is 44.2 Å². The van der Waals surface area contributed by atoms with E-state index in [1.165, 1.54) is 19.1 Å². The standard InChI is InChI=1S/C20H27FN6O3S/c1-16(25-31(29,30)18-7-3-2-6-17(18)21)19(28)22-10-5-11-26-12-14-27(15-13-26)20-23-8-4-9-24-20/h2-4,6-9,16,25H,5,10-15H2,1H3,(H,22,28)/t16-/m0/s1. The maximum atomic E-state index is 13.7. The number of halogens is 1. The molecule has 3 rings (SSSR count). The van der Waals surface area contributed by atoms with E-state index in [4.69, 9.17) is 0 Å². The van der Waals surface area contributed by atoms with Gasteiger partial charge in [-0.15, -0.1) is 0 Å².